The Bertz CT molecular complexity index is 1650. The van der Waals surface area contributed by atoms with Crippen LogP contribution in [0.25, 0.3) is 0 Å². The first-order chi connectivity index (χ1) is 32.5. The second kappa shape index (κ2) is 27.4. The van der Waals surface area contributed by atoms with Crippen molar-refractivity contribution in [1.29, 1.82) is 0 Å². The molecular weight excluding hydrogens is 853 g/mol. The molecular formula is C52H86N6O9. The van der Waals surface area contributed by atoms with E-state index in [0.29, 0.717) is 52.2 Å². The molecule has 5 N–H and O–H groups in total. The van der Waals surface area contributed by atoms with Crippen LogP contribution in [0, 0.1) is 81.1 Å². The molecule has 0 aromatic carbocycles. The summed E-state index contributed by atoms with van der Waals surface area (Å²) < 4.78 is 5.59. The van der Waals surface area contributed by atoms with E-state index >= 15 is 0 Å². The molecule has 0 bridgehead atoms. The second-order valence-corrected chi connectivity index (χ2v) is 21.7. The highest BCUT2D eigenvalue weighted by Gasteiger charge is 2.40. The van der Waals surface area contributed by atoms with Gasteiger partial charge in [-0.3, -0.25) is 38.9 Å². The lowest BCUT2D eigenvalue weighted by Crippen LogP contribution is -2.48. The predicted molar refractivity (Wildman–Crippen MR) is 255 cm³/mol. The van der Waals surface area contributed by atoms with E-state index in [9.17, 15) is 38.9 Å². The molecule has 0 saturated heterocycles. The Balaban J connectivity index is 0.944. The zero-order valence-electron chi connectivity index (χ0n) is 40.9. The monoisotopic (exact) mass is 939 g/mol. The number of esters is 1. The highest BCUT2D eigenvalue weighted by molar-refractivity contribution is 5.82. The minimum atomic E-state index is -0.353. The Labute approximate surface area is 400 Å². The van der Waals surface area contributed by atoms with E-state index in [-0.39, 0.29) is 118 Å². The van der Waals surface area contributed by atoms with Crippen LogP contribution in [0.5, 0.6) is 0 Å². The van der Waals surface area contributed by atoms with Crippen molar-refractivity contribution in [3.05, 3.63) is 10.1 Å². The maximum atomic E-state index is 13.9. The summed E-state index contributed by atoms with van der Waals surface area (Å²) in [6.45, 7) is 4.56. The van der Waals surface area contributed by atoms with Crippen LogP contribution < -0.4 is 26.6 Å². The number of amides is 5. The fourth-order valence-corrected chi connectivity index (χ4v) is 13.2. The van der Waals surface area contributed by atoms with Gasteiger partial charge in [0, 0.05) is 73.2 Å². The zero-order chi connectivity index (χ0) is 47.5. The molecule has 6 aliphatic carbocycles. The Morgan fingerprint density at radius 1 is 0.418 bits per heavy atom. The summed E-state index contributed by atoms with van der Waals surface area (Å²) >= 11 is 0. The number of nitrogens with zero attached hydrogens (tertiary/aromatic N) is 1. The first-order valence-electron chi connectivity index (χ1n) is 27.2. The summed E-state index contributed by atoms with van der Waals surface area (Å²) in [6.07, 6.45) is 23.2. The van der Waals surface area contributed by atoms with Crippen molar-refractivity contribution in [2.24, 2.45) is 71.0 Å². The smallest absolute Gasteiger partial charge is 0.309 e. The second-order valence-electron chi connectivity index (χ2n) is 21.7. The average Bonchev–Trinajstić information content (AvgIpc) is 3.35. The Hall–Kier alpha value is -3.78. The molecule has 378 valence electrons. The van der Waals surface area contributed by atoms with E-state index in [2.05, 4.69) is 33.5 Å². The van der Waals surface area contributed by atoms with Crippen molar-refractivity contribution in [1.82, 2.24) is 26.6 Å². The van der Waals surface area contributed by atoms with E-state index in [0.717, 1.165) is 154 Å². The summed E-state index contributed by atoms with van der Waals surface area (Å²) in [7, 11) is 0. The van der Waals surface area contributed by atoms with Crippen LogP contribution in [-0.4, -0.2) is 86.3 Å². The first-order valence-corrected chi connectivity index (χ1v) is 27.2. The number of rotatable bonds is 21. The Morgan fingerprint density at radius 2 is 0.672 bits per heavy atom. The van der Waals surface area contributed by atoms with Crippen LogP contribution in [-0.2, 0) is 33.5 Å². The van der Waals surface area contributed by atoms with Gasteiger partial charge in [-0.05, 0) is 113 Å². The van der Waals surface area contributed by atoms with Gasteiger partial charge in [-0.1, -0.05) is 90.4 Å². The summed E-state index contributed by atoms with van der Waals surface area (Å²) in [5.74, 6) is -1.60. The fraction of sp³-hybridized carbons (Fsp3) is 0.885. The predicted octanol–water partition coefficient (Wildman–Crippen LogP) is 7.03. The summed E-state index contributed by atoms with van der Waals surface area (Å²) in [4.78, 5) is 92.4. The van der Waals surface area contributed by atoms with Gasteiger partial charge in [0.1, 0.15) is 0 Å². The van der Waals surface area contributed by atoms with Crippen molar-refractivity contribution in [2.45, 2.75) is 174 Å². The molecule has 6 fully saturated rings. The van der Waals surface area contributed by atoms with Crippen LogP contribution in [0.1, 0.15) is 174 Å². The van der Waals surface area contributed by atoms with Crippen LogP contribution >= 0.6 is 0 Å². The van der Waals surface area contributed by atoms with Gasteiger partial charge in [0.15, 0.2) is 0 Å². The van der Waals surface area contributed by atoms with Crippen molar-refractivity contribution in [2.75, 3.05) is 45.9 Å². The molecule has 6 saturated carbocycles. The Morgan fingerprint density at radius 3 is 0.970 bits per heavy atom. The van der Waals surface area contributed by atoms with Gasteiger partial charge >= 0.3 is 5.97 Å². The molecule has 0 spiro atoms. The van der Waals surface area contributed by atoms with Gasteiger partial charge in [0.2, 0.25) is 36.1 Å². The third-order valence-electron chi connectivity index (χ3n) is 17.3. The average molecular weight is 939 g/mol. The van der Waals surface area contributed by atoms with Gasteiger partial charge in [0.25, 0.3) is 0 Å². The molecule has 67 heavy (non-hydrogen) atoms. The summed E-state index contributed by atoms with van der Waals surface area (Å²) in [5.41, 5.74) is 0. The lowest BCUT2D eigenvalue weighted by atomic mass is 9.76. The van der Waals surface area contributed by atoms with Gasteiger partial charge < -0.3 is 31.3 Å². The lowest BCUT2D eigenvalue weighted by Gasteiger charge is -2.35. The third kappa shape index (κ3) is 15.6. The molecule has 12 atom stereocenters. The first kappa shape index (κ1) is 52.6. The topological polar surface area (TPSA) is 215 Å². The fourth-order valence-electron chi connectivity index (χ4n) is 13.2. The number of hydrogen-bond donors (Lipinski definition) is 5. The highest BCUT2D eigenvalue weighted by atomic mass is 16.6. The number of unbranched alkanes of at least 4 members (excludes halogenated alkanes) is 1. The molecule has 0 aromatic heterocycles. The van der Waals surface area contributed by atoms with E-state index < -0.39 is 0 Å². The number of nitro groups is 1. The maximum absolute atomic E-state index is 13.9. The van der Waals surface area contributed by atoms with Crippen LogP contribution in [0.4, 0.5) is 0 Å². The van der Waals surface area contributed by atoms with E-state index in [1.165, 1.54) is 0 Å². The van der Waals surface area contributed by atoms with Gasteiger partial charge in [-0.25, -0.2) is 0 Å². The number of carbonyl (C=O) groups excluding carboxylic acids is 6. The molecule has 15 heteroatoms. The quantitative estimate of drug-likeness (QED) is 0.0345. The molecule has 6 rings (SSSR count). The number of nitrogens with one attached hydrogen (secondary N) is 5. The van der Waals surface area contributed by atoms with Gasteiger partial charge in [-0.2, -0.15) is 0 Å². The van der Waals surface area contributed by atoms with E-state index in [1.54, 1.807) is 0 Å². The molecule has 15 nitrogen and oxygen atoms in total. The van der Waals surface area contributed by atoms with Crippen molar-refractivity contribution in [3.63, 3.8) is 0 Å². The molecule has 0 aromatic rings. The number of hydrogen-bond acceptors (Lipinski definition) is 9. The molecule has 0 heterocycles. The Kier molecular flexibility index (Phi) is 21.5. The summed E-state index contributed by atoms with van der Waals surface area (Å²) in [5, 5.41) is 27.3. The molecule has 0 radical (unpaired) electrons. The third-order valence-corrected chi connectivity index (χ3v) is 17.3. The minimum Gasteiger partial charge on any atom is -0.465 e. The van der Waals surface area contributed by atoms with Crippen LogP contribution in [0.2, 0.25) is 0 Å². The van der Waals surface area contributed by atoms with Crippen LogP contribution in [0.15, 0.2) is 0 Å². The standard InChI is InChI=1S/C52H86N6O9/c1-2-3-28-67-52(64)46-27-15-8-20-39(46)33-57-50(62)44-25-13-6-18-37(44)31-55-48(60)42-23-11-4-16-35(42)29-53-47(59)41-22-10-5-17-36(41)30-54-49(61)43-24-12-7-19-38(43)32-56-51(63)45-26-14-9-21-40(45)34-58(65)66/h35-46H,2-34H2,1H3,(H,53,59)(H,54,61)(H,55,60)(H,56,63)(H,57,62)/t35-,36-,37-,38-,39-,40-,41+,42+,43+,44+,45+,46+/m0/s1. The van der Waals surface area contributed by atoms with E-state index in [1.807, 2.05) is 0 Å². The SMILES string of the molecule is CCCCOC(=O)[C@@H]1CCCC[C@H]1CNC(=O)[C@@H]1CCCC[C@H]1CNC(=O)[C@@H]1CCCC[C@H]1CNC(=O)[C@@H]1CCCC[C@H]1CNC(=O)[C@@H]1CCCC[C@H]1CNC(=O)[C@@H]1CCCC[C@H]1C[N+](=O)[O-]. The van der Waals surface area contributed by atoms with Gasteiger partial charge in [-0.15, -0.1) is 0 Å². The van der Waals surface area contributed by atoms with Crippen LogP contribution in [0.3, 0.4) is 0 Å². The van der Waals surface area contributed by atoms with Gasteiger partial charge in [0.05, 0.1) is 12.5 Å². The molecule has 6 aliphatic rings. The van der Waals surface area contributed by atoms with Crippen molar-refractivity contribution < 1.29 is 38.4 Å². The number of carbonyl (C=O) groups is 6. The maximum Gasteiger partial charge on any atom is 0.309 e. The summed E-state index contributed by atoms with van der Waals surface area (Å²) in [6, 6.07) is 0. The minimum absolute atomic E-state index is 0.00373. The molecule has 0 aliphatic heterocycles. The largest absolute Gasteiger partial charge is 0.465 e. The number of ether oxygens (including phenoxy) is 1. The lowest BCUT2D eigenvalue weighted by molar-refractivity contribution is -0.490. The molecule has 5 amide bonds. The van der Waals surface area contributed by atoms with E-state index in [4.69, 9.17) is 4.74 Å². The van der Waals surface area contributed by atoms with Crippen molar-refractivity contribution >= 4 is 35.5 Å². The normalized spacial score (nSPS) is 32.4. The van der Waals surface area contributed by atoms with Crippen molar-refractivity contribution in [3.8, 4) is 0 Å². The zero-order valence-corrected chi connectivity index (χ0v) is 40.9. The highest BCUT2D eigenvalue weighted by Crippen LogP contribution is 2.36. The molecule has 0 unspecified atom stereocenters.